The molecule has 3 heteroatoms. The van der Waals surface area contributed by atoms with E-state index in [0.29, 0.717) is 22.4 Å². The molecule has 0 bridgehead atoms. The maximum Gasteiger partial charge on any atom is 0.127 e. The first-order valence-corrected chi connectivity index (χ1v) is 6.39. The van der Waals surface area contributed by atoms with Crippen LogP contribution in [0.2, 0.25) is 5.02 Å². The molecular weight excluding hydrogens is 237 g/mol. The van der Waals surface area contributed by atoms with E-state index in [0.717, 1.165) is 5.56 Å². The predicted octanol–water partition coefficient (Wildman–Crippen LogP) is 4.34. The summed E-state index contributed by atoms with van der Waals surface area (Å²) in [6.45, 7) is 8.31. The number of aryl methyl sites for hydroxylation is 1. The second-order valence-electron chi connectivity index (χ2n) is 4.99. The molecule has 0 aliphatic heterocycles. The van der Waals surface area contributed by atoms with Crippen molar-refractivity contribution in [3.8, 4) is 0 Å². The van der Waals surface area contributed by atoms with Crippen molar-refractivity contribution in [3.05, 3.63) is 34.1 Å². The van der Waals surface area contributed by atoms with Crippen molar-refractivity contribution < 1.29 is 4.39 Å². The lowest BCUT2D eigenvalue weighted by Crippen LogP contribution is -2.27. The van der Waals surface area contributed by atoms with Crippen LogP contribution >= 0.6 is 11.6 Å². The van der Waals surface area contributed by atoms with E-state index in [2.05, 4.69) is 26.1 Å². The second kappa shape index (κ2) is 5.83. The molecule has 0 aliphatic carbocycles. The maximum absolute atomic E-state index is 13.4. The van der Waals surface area contributed by atoms with Gasteiger partial charge in [0.2, 0.25) is 0 Å². The average molecular weight is 258 g/mol. The van der Waals surface area contributed by atoms with Gasteiger partial charge in [0.1, 0.15) is 5.82 Å². The highest BCUT2D eigenvalue weighted by Gasteiger charge is 2.23. The fourth-order valence-corrected chi connectivity index (χ4v) is 2.27. The van der Waals surface area contributed by atoms with Gasteiger partial charge in [0.05, 0.1) is 0 Å². The summed E-state index contributed by atoms with van der Waals surface area (Å²) in [6, 6.07) is 3.41. The van der Waals surface area contributed by atoms with E-state index in [9.17, 15) is 4.39 Å². The smallest absolute Gasteiger partial charge is 0.127 e. The summed E-state index contributed by atoms with van der Waals surface area (Å²) < 4.78 is 13.4. The van der Waals surface area contributed by atoms with E-state index in [1.54, 1.807) is 6.92 Å². The Kier molecular flexibility index (Phi) is 4.96. The fourth-order valence-electron chi connectivity index (χ4n) is 2.00. The highest BCUT2D eigenvalue weighted by atomic mass is 35.5. The van der Waals surface area contributed by atoms with Crippen LogP contribution in [0.3, 0.4) is 0 Å². The highest BCUT2D eigenvalue weighted by Crippen LogP contribution is 2.33. The van der Waals surface area contributed by atoms with Crippen molar-refractivity contribution in [2.24, 2.45) is 11.8 Å². The molecule has 0 saturated heterocycles. The summed E-state index contributed by atoms with van der Waals surface area (Å²) >= 11 is 6.14. The van der Waals surface area contributed by atoms with Gasteiger partial charge in [-0.25, -0.2) is 4.39 Å². The molecule has 0 spiro atoms. The van der Waals surface area contributed by atoms with Crippen LogP contribution in [0.15, 0.2) is 12.1 Å². The number of hydrogen-bond donors (Lipinski definition) is 1. The summed E-state index contributed by atoms with van der Waals surface area (Å²) in [5.41, 5.74) is 1.62. The van der Waals surface area contributed by atoms with Gasteiger partial charge in [0.15, 0.2) is 0 Å². The van der Waals surface area contributed by atoms with Gasteiger partial charge in [0, 0.05) is 11.1 Å². The molecule has 17 heavy (non-hydrogen) atoms. The quantitative estimate of drug-likeness (QED) is 0.846. The van der Waals surface area contributed by atoms with Crippen molar-refractivity contribution in [2.75, 3.05) is 7.05 Å². The minimum absolute atomic E-state index is 0.154. The minimum atomic E-state index is -0.245. The Bertz CT molecular complexity index is 390. The van der Waals surface area contributed by atoms with E-state index in [4.69, 9.17) is 11.6 Å². The minimum Gasteiger partial charge on any atom is -0.313 e. The monoisotopic (exact) mass is 257 g/mol. The second-order valence-corrected chi connectivity index (χ2v) is 5.40. The lowest BCUT2D eigenvalue weighted by molar-refractivity contribution is 0.317. The summed E-state index contributed by atoms with van der Waals surface area (Å²) in [5, 5.41) is 3.78. The summed E-state index contributed by atoms with van der Waals surface area (Å²) in [7, 11) is 1.92. The summed E-state index contributed by atoms with van der Waals surface area (Å²) in [6.07, 6.45) is 0. The number of benzene rings is 1. The SMILES string of the molecule is CNC(c1cc(C)c(F)cc1Cl)C(C)C(C)C. The van der Waals surface area contributed by atoms with Crippen molar-refractivity contribution in [2.45, 2.75) is 33.7 Å². The van der Waals surface area contributed by atoms with Gasteiger partial charge >= 0.3 is 0 Å². The van der Waals surface area contributed by atoms with Gasteiger partial charge in [-0.15, -0.1) is 0 Å². The van der Waals surface area contributed by atoms with E-state index in [1.165, 1.54) is 6.07 Å². The molecule has 0 heterocycles. The van der Waals surface area contributed by atoms with Gasteiger partial charge in [-0.2, -0.15) is 0 Å². The zero-order valence-corrected chi connectivity index (χ0v) is 11.9. The van der Waals surface area contributed by atoms with Crippen molar-refractivity contribution in [1.82, 2.24) is 5.32 Å². The van der Waals surface area contributed by atoms with Crippen LogP contribution in [-0.2, 0) is 0 Å². The van der Waals surface area contributed by atoms with Gasteiger partial charge in [-0.1, -0.05) is 38.4 Å². The Balaban J connectivity index is 3.16. The molecular formula is C14H21ClFN. The molecule has 0 aromatic heterocycles. The van der Waals surface area contributed by atoms with Crippen LogP contribution < -0.4 is 5.32 Å². The number of rotatable bonds is 4. The summed E-state index contributed by atoms with van der Waals surface area (Å²) in [5.74, 6) is 0.724. The van der Waals surface area contributed by atoms with E-state index in [1.807, 2.05) is 13.1 Å². The lowest BCUT2D eigenvalue weighted by atomic mass is 9.85. The Hall–Kier alpha value is -0.600. The Morgan fingerprint density at radius 2 is 1.82 bits per heavy atom. The molecule has 2 unspecified atom stereocenters. The molecule has 2 atom stereocenters. The third-order valence-corrected chi connectivity index (χ3v) is 3.83. The molecule has 1 aromatic carbocycles. The largest absolute Gasteiger partial charge is 0.313 e. The molecule has 96 valence electrons. The normalized spacial score (nSPS) is 15.1. The van der Waals surface area contributed by atoms with Gasteiger partial charge in [-0.3, -0.25) is 0 Å². The van der Waals surface area contributed by atoms with Crippen LogP contribution in [0.5, 0.6) is 0 Å². The molecule has 1 rings (SSSR count). The zero-order valence-electron chi connectivity index (χ0n) is 11.1. The van der Waals surface area contributed by atoms with Crippen molar-refractivity contribution >= 4 is 11.6 Å². The van der Waals surface area contributed by atoms with E-state index < -0.39 is 0 Å². The van der Waals surface area contributed by atoms with Gasteiger partial charge in [-0.05, 0) is 43.0 Å². The number of nitrogens with one attached hydrogen (secondary N) is 1. The fraction of sp³-hybridized carbons (Fsp3) is 0.571. The van der Waals surface area contributed by atoms with Crippen LogP contribution in [0, 0.1) is 24.6 Å². The molecule has 0 amide bonds. The van der Waals surface area contributed by atoms with Crippen LogP contribution in [0.1, 0.15) is 37.9 Å². The molecule has 1 aromatic rings. The maximum atomic E-state index is 13.4. The van der Waals surface area contributed by atoms with Crippen LogP contribution in [0.4, 0.5) is 4.39 Å². The summed E-state index contributed by atoms with van der Waals surface area (Å²) in [4.78, 5) is 0. The van der Waals surface area contributed by atoms with E-state index in [-0.39, 0.29) is 11.9 Å². The molecule has 1 nitrogen and oxygen atoms in total. The van der Waals surface area contributed by atoms with Crippen molar-refractivity contribution in [1.29, 1.82) is 0 Å². The number of halogens is 2. The first kappa shape index (κ1) is 14.5. The molecule has 0 aliphatic rings. The van der Waals surface area contributed by atoms with E-state index >= 15 is 0 Å². The molecule has 1 N–H and O–H groups in total. The number of hydrogen-bond acceptors (Lipinski definition) is 1. The average Bonchev–Trinajstić information content (AvgIpc) is 2.25. The third-order valence-electron chi connectivity index (χ3n) is 3.50. The van der Waals surface area contributed by atoms with Crippen LogP contribution in [-0.4, -0.2) is 7.05 Å². The standard InChI is InChI=1S/C14H21ClFN/c1-8(2)10(4)14(17-5)11-6-9(3)13(16)7-12(11)15/h6-8,10,14,17H,1-5H3. The predicted molar refractivity (Wildman–Crippen MR) is 71.9 cm³/mol. The topological polar surface area (TPSA) is 12.0 Å². The first-order chi connectivity index (χ1) is 7.88. The highest BCUT2D eigenvalue weighted by molar-refractivity contribution is 6.31. The van der Waals surface area contributed by atoms with Crippen molar-refractivity contribution in [3.63, 3.8) is 0 Å². The first-order valence-electron chi connectivity index (χ1n) is 6.01. The van der Waals surface area contributed by atoms with Gasteiger partial charge in [0.25, 0.3) is 0 Å². The lowest BCUT2D eigenvalue weighted by Gasteiger charge is -2.28. The Morgan fingerprint density at radius 1 is 1.24 bits per heavy atom. The zero-order chi connectivity index (χ0) is 13.2. The third kappa shape index (κ3) is 3.20. The van der Waals surface area contributed by atoms with Gasteiger partial charge < -0.3 is 5.32 Å². The molecule has 0 saturated carbocycles. The van der Waals surface area contributed by atoms with Crippen LogP contribution in [0.25, 0.3) is 0 Å². The molecule has 0 radical (unpaired) electrons. The Morgan fingerprint density at radius 3 is 2.29 bits per heavy atom. The Labute approximate surface area is 108 Å². The molecule has 0 fully saturated rings.